The van der Waals surface area contributed by atoms with Gasteiger partial charge in [0.15, 0.2) is 5.78 Å². The molecule has 0 aromatic rings. The summed E-state index contributed by atoms with van der Waals surface area (Å²) in [6.45, 7) is 11.5. The maximum Gasteiger partial charge on any atom is 1.00 e. The Hall–Kier alpha value is -1.85. The van der Waals surface area contributed by atoms with Crippen molar-refractivity contribution >= 4 is 34.9 Å². The molecule has 0 unspecified atom stereocenters. The minimum Gasteiger partial charge on any atom is -0.550 e. The van der Waals surface area contributed by atoms with Crippen LogP contribution in [0.1, 0.15) is 47.0 Å². The molecular weight excluding hydrogens is 639 g/mol. The molecule has 0 aromatic heterocycles. The number of nitrogens with one attached hydrogen (secondary N) is 1. The summed E-state index contributed by atoms with van der Waals surface area (Å²) in [5, 5.41) is 37.6. The number of rotatable bonds is 6. The number of aliphatic hydroxyl groups excluding tert-OH is 1. The predicted molar refractivity (Wildman–Crippen MR) is 161 cm³/mol. The van der Waals surface area contributed by atoms with Crippen LogP contribution in [0.5, 0.6) is 0 Å². The summed E-state index contributed by atoms with van der Waals surface area (Å²) in [4.78, 5) is 52.2. The third kappa shape index (κ3) is 5.99. The second kappa shape index (κ2) is 14.3. The van der Waals surface area contributed by atoms with Crippen LogP contribution in [0.15, 0.2) is 120 Å². The molecule has 6 aliphatic rings. The van der Waals surface area contributed by atoms with Crippen molar-refractivity contribution in [3.63, 3.8) is 0 Å². The molecular formula is C34H30K2N4O6. The van der Waals surface area contributed by atoms with Gasteiger partial charge < -0.3 is 30.2 Å². The molecule has 0 radical (unpaired) electrons. The SMILES string of the molecule is C=CC1=C(C)C2=NC1=CC1=NC(=C(CC)/C1=C/O)C=C1N=C3C(=C1C)C(=O)[C@H](C(=O)[O-])C3=C1NC(=C2)[C@@H](C)[C@@H]1CCC(=O)[O-].[K+].[K+]. The molecule has 0 aromatic carbocycles. The zero-order valence-corrected chi connectivity index (χ0v) is 33.0. The van der Waals surface area contributed by atoms with E-state index in [9.17, 15) is 29.7 Å². The second-order valence-corrected chi connectivity index (χ2v) is 11.5. The van der Waals surface area contributed by atoms with Crippen molar-refractivity contribution in [2.75, 3.05) is 0 Å². The minimum atomic E-state index is -1.60. The van der Waals surface area contributed by atoms with Crippen molar-refractivity contribution < 1.29 is 132 Å². The van der Waals surface area contributed by atoms with Crippen molar-refractivity contribution in [2.45, 2.75) is 47.0 Å². The number of aliphatic imine (C=N–C) groups is 3. The summed E-state index contributed by atoms with van der Waals surface area (Å²) in [5.74, 6) is -5.76. The van der Waals surface area contributed by atoms with Gasteiger partial charge in [-0.1, -0.05) is 26.5 Å². The van der Waals surface area contributed by atoms with E-state index < -0.39 is 29.6 Å². The van der Waals surface area contributed by atoms with Crippen molar-refractivity contribution in [1.29, 1.82) is 0 Å². The van der Waals surface area contributed by atoms with E-state index in [0.29, 0.717) is 57.5 Å². The maximum atomic E-state index is 13.7. The molecule has 0 amide bonds. The van der Waals surface area contributed by atoms with Crippen LogP contribution < -0.4 is 118 Å². The van der Waals surface area contributed by atoms with E-state index >= 15 is 0 Å². The van der Waals surface area contributed by atoms with E-state index in [0.717, 1.165) is 23.0 Å². The number of aliphatic hydroxyl groups is 1. The topological polar surface area (TPSA) is 167 Å². The number of carbonyl (C=O) groups is 3. The first-order valence-corrected chi connectivity index (χ1v) is 14.5. The Morgan fingerprint density at radius 2 is 1.76 bits per heavy atom. The van der Waals surface area contributed by atoms with Crippen LogP contribution in [-0.2, 0) is 14.4 Å². The monoisotopic (exact) mass is 668 g/mol. The van der Waals surface area contributed by atoms with Gasteiger partial charge in [0.2, 0.25) is 0 Å². The van der Waals surface area contributed by atoms with E-state index in [1.807, 2.05) is 26.8 Å². The average Bonchev–Trinajstić information content (AvgIpc) is 3.72. The number of hydrogen-bond acceptors (Lipinski definition) is 10. The molecule has 2 N–H and O–H groups in total. The van der Waals surface area contributed by atoms with Gasteiger partial charge in [-0.15, -0.1) is 0 Å². The summed E-state index contributed by atoms with van der Waals surface area (Å²) >= 11 is 0. The fourth-order valence-electron chi connectivity index (χ4n) is 6.87. The molecule has 224 valence electrons. The van der Waals surface area contributed by atoms with Gasteiger partial charge in [0.1, 0.15) is 0 Å². The molecule has 1 saturated heterocycles. The standard InChI is InChI=1S/C34H32N4O6.2K/c1-6-17-14(3)21-10-22-15(4)19(8-9-27(40)41)31(37-22)29-30(34(43)44)33(42)28-16(5)23(38-32(28)29)11-25-18(7-2)20(13-39)26(36-25)12-24(17)35-21;;/h6,10-13,15,19,30,37,39H,1,7-9H2,2-5H3,(H,40,41)(H,43,44);;/q;2*+1/p-2/b20-13-,22-10?,23-11?,24-12?,31-29?;;/t15-,19-,30+;;/m0../s1. The normalized spacial score (nSPS) is 25.4. The summed E-state index contributed by atoms with van der Waals surface area (Å²) < 4.78 is 0. The number of carbonyl (C=O) groups excluding carboxylic acids is 3. The molecule has 46 heavy (non-hydrogen) atoms. The van der Waals surface area contributed by atoms with Crippen LogP contribution in [0.3, 0.4) is 0 Å². The maximum absolute atomic E-state index is 13.7. The molecule has 1 saturated carbocycles. The fraction of sp³-hybridized carbons (Fsp3) is 0.294. The quantitative estimate of drug-likeness (QED) is 0.169. The first kappa shape index (κ1) is 37.0. The summed E-state index contributed by atoms with van der Waals surface area (Å²) in [7, 11) is 0. The van der Waals surface area contributed by atoms with Crippen LogP contribution in [0.25, 0.3) is 0 Å². The van der Waals surface area contributed by atoms with Crippen molar-refractivity contribution in [2.24, 2.45) is 32.7 Å². The van der Waals surface area contributed by atoms with Crippen molar-refractivity contribution in [3.05, 3.63) is 105 Å². The average molecular weight is 669 g/mol. The zero-order chi connectivity index (χ0) is 31.6. The Morgan fingerprint density at radius 1 is 1.04 bits per heavy atom. The Morgan fingerprint density at radius 3 is 2.37 bits per heavy atom. The third-order valence-electron chi connectivity index (χ3n) is 9.19. The number of carboxylic acid groups (broad SMARTS) is 2. The summed E-state index contributed by atoms with van der Waals surface area (Å²) in [5.41, 5.74) is 7.91. The molecule has 10 nitrogen and oxygen atoms in total. The minimum absolute atomic E-state index is 0. The van der Waals surface area contributed by atoms with Crippen LogP contribution in [-0.4, -0.2) is 40.0 Å². The van der Waals surface area contributed by atoms with Crippen molar-refractivity contribution in [3.8, 4) is 0 Å². The Kier molecular flexibility index (Phi) is 11.5. The molecule has 8 bridgehead atoms. The van der Waals surface area contributed by atoms with E-state index in [1.54, 1.807) is 25.2 Å². The first-order chi connectivity index (χ1) is 21.0. The van der Waals surface area contributed by atoms with Gasteiger partial charge in [0.05, 0.1) is 52.4 Å². The molecule has 6 rings (SSSR count). The smallest absolute Gasteiger partial charge is 0.550 e. The molecule has 3 atom stereocenters. The zero-order valence-electron chi connectivity index (χ0n) is 26.8. The van der Waals surface area contributed by atoms with E-state index in [1.165, 1.54) is 0 Å². The van der Waals surface area contributed by atoms with Gasteiger partial charge in [-0.2, -0.15) is 0 Å². The molecule has 12 heteroatoms. The molecule has 0 spiro atoms. The van der Waals surface area contributed by atoms with Gasteiger partial charge in [0.25, 0.3) is 0 Å². The van der Waals surface area contributed by atoms with Gasteiger partial charge in [0, 0.05) is 51.5 Å². The van der Waals surface area contributed by atoms with Crippen molar-refractivity contribution in [1.82, 2.24) is 5.32 Å². The number of carboxylic acids is 2. The number of fused-ring (bicyclic) bond motifs is 5. The van der Waals surface area contributed by atoms with Gasteiger partial charge in [-0.3, -0.25) is 4.79 Å². The van der Waals surface area contributed by atoms with E-state index in [2.05, 4.69) is 11.9 Å². The predicted octanol–water partition coefficient (Wildman–Crippen LogP) is -3.46. The molecule has 5 aliphatic heterocycles. The van der Waals surface area contributed by atoms with Crippen LogP contribution >= 0.6 is 0 Å². The largest absolute Gasteiger partial charge is 1.00 e. The number of allylic oxidation sites excluding steroid dienone is 11. The van der Waals surface area contributed by atoms with Crippen LogP contribution in [0, 0.1) is 17.8 Å². The number of hydrogen-bond donors (Lipinski definition) is 2. The van der Waals surface area contributed by atoms with E-state index in [-0.39, 0.29) is 138 Å². The summed E-state index contributed by atoms with van der Waals surface area (Å²) in [6.07, 6.45) is 8.55. The number of Topliss-reactive ketones (excluding diaryl/α,β-unsaturated/α-hetero) is 1. The number of aliphatic carboxylic acids is 2. The number of nitrogens with zero attached hydrogens (tertiary/aromatic N) is 3. The van der Waals surface area contributed by atoms with Gasteiger partial charge >= 0.3 is 103 Å². The van der Waals surface area contributed by atoms with Crippen LogP contribution in [0.2, 0.25) is 0 Å². The molecule has 2 fully saturated rings. The third-order valence-corrected chi connectivity index (χ3v) is 9.19. The second-order valence-electron chi connectivity index (χ2n) is 11.5. The van der Waals surface area contributed by atoms with Gasteiger partial charge in [-0.05, 0) is 68.1 Å². The van der Waals surface area contributed by atoms with Crippen LogP contribution in [0.4, 0.5) is 0 Å². The first-order valence-electron chi connectivity index (χ1n) is 14.5. The Labute approximate surface area is 351 Å². The Balaban J connectivity index is 0.00000240. The number of ketones is 1. The van der Waals surface area contributed by atoms with E-state index in [4.69, 9.17) is 15.0 Å². The fourth-order valence-corrected chi connectivity index (χ4v) is 6.87. The Bertz CT molecular complexity index is 1860. The molecule has 5 heterocycles. The summed E-state index contributed by atoms with van der Waals surface area (Å²) in [6, 6.07) is 0. The molecule has 1 aliphatic carbocycles. The van der Waals surface area contributed by atoms with Gasteiger partial charge in [-0.25, -0.2) is 15.0 Å².